The van der Waals surface area contributed by atoms with Gasteiger partial charge in [-0.1, -0.05) is 36.4 Å². The Bertz CT molecular complexity index is 1040. The van der Waals surface area contributed by atoms with Gasteiger partial charge in [0.25, 0.3) is 11.8 Å². The molecule has 0 heterocycles. The number of hydrogen-bond acceptors (Lipinski definition) is 4. The number of amides is 2. The highest BCUT2D eigenvalue weighted by molar-refractivity contribution is 6.09. The van der Waals surface area contributed by atoms with E-state index in [0.29, 0.717) is 48.9 Å². The van der Waals surface area contributed by atoms with Crippen LogP contribution in [0.15, 0.2) is 78.9 Å². The van der Waals surface area contributed by atoms with E-state index in [1.165, 1.54) is 0 Å². The van der Waals surface area contributed by atoms with Crippen LogP contribution in [0.3, 0.4) is 0 Å². The van der Waals surface area contributed by atoms with Gasteiger partial charge in [-0.25, -0.2) is 0 Å². The van der Waals surface area contributed by atoms with Crippen LogP contribution in [-0.2, 0) is 4.74 Å². The van der Waals surface area contributed by atoms with Crippen LogP contribution >= 0.6 is 0 Å². The summed E-state index contributed by atoms with van der Waals surface area (Å²) in [5, 5.41) is 2.87. The third-order valence-electron chi connectivity index (χ3n) is 4.82. The van der Waals surface area contributed by atoms with E-state index in [0.717, 1.165) is 5.69 Å². The predicted octanol–water partition coefficient (Wildman–Crippen LogP) is 5.02. The number of para-hydroxylation sites is 2. The minimum atomic E-state index is -0.308. The largest absolute Gasteiger partial charge is 0.490 e. The fourth-order valence-corrected chi connectivity index (χ4v) is 3.27. The Labute approximate surface area is 188 Å². The van der Waals surface area contributed by atoms with Gasteiger partial charge in [0.1, 0.15) is 12.4 Å². The molecule has 6 nitrogen and oxygen atoms in total. The Balaban J connectivity index is 1.74. The number of anilines is 2. The highest BCUT2D eigenvalue weighted by atomic mass is 16.5. The highest BCUT2D eigenvalue weighted by Gasteiger charge is 2.17. The van der Waals surface area contributed by atoms with E-state index in [9.17, 15) is 9.59 Å². The van der Waals surface area contributed by atoms with Crippen molar-refractivity contribution in [3.8, 4) is 5.75 Å². The zero-order chi connectivity index (χ0) is 22.8. The summed E-state index contributed by atoms with van der Waals surface area (Å²) >= 11 is 0. The molecule has 3 aromatic rings. The van der Waals surface area contributed by atoms with E-state index in [1.54, 1.807) is 47.4 Å². The first-order valence-electron chi connectivity index (χ1n) is 10.7. The third-order valence-corrected chi connectivity index (χ3v) is 4.82. The lowest BCUT2D eigenvalue weighted by atomic mass is 10.1. The Hall–Kier alpha value is -3.64. The first-order valence-corrected chi connectivity index (χ1v) is 10.7. The van der Waals surface area contributed by atoms with Gasteiger partial charge in [-0.15, -0.1) is 0 Å². The Morgan fingerprint density at radius 3 is 2.38 bits per heavy atom. The van der Waals surface area contributed by atoms with Gasteiger partial charge >= 0.3 is 0 Å². The van der Waals surface area contributed by atoms with Crippen molar-refractivity contribution in [2.75, 3.05) is 36.6 Å². The van der Waals surface area contributed by atoms with Crippen molar-refractivity contribution in [3.05, 3.63) is 90.0 Å². The molecule has 0 atom stereocenters. The van der Waals surface area contributed by atoms with E-state index in [1.807, 2.05) is 50.2 Å². The molecule has 32 heavy (non-hydrogen) atoms. The highest BCUT2D eigenvalue weighted by Crippen LogP contribution is 2.22. The molecule has 0 spiro atoms. The second-order valence-electron chi connectivity index (χ2n) is 6.96. The maximum Gasteiger partial charge on any atom is 0.259 e. The van der Waals surface area contributed by atoms with E-state index < -0.39 is 0 Å². The summed E-state index contributed by atoms with van der Waals surface area (Å²) < 4.78 is 11.0. The van der Waals surface area contributed by atoms with Crippen molar-refractivity contribution in [2.45, 2.75) is 13.8 Å². The Morgan fingerprint density at radius 2 is 1.62 bits per heavy atom. The van der Waals surface area contributed by atoms with Crippen LogP contribution in [0.25, 0.3) is 0 Å². The molecular weight excluding hydrogens is 404 g/mol. The monoisotopic (exact) mass is 432 g/mol. The fourth-order valence-electron chi connectivity index (χ4n) is 3.27. The Kier molecular flexibility index (Phi) is 8.40. The van der Waals surface area contributed by atoms with Gasteiger partial charge in [0.2, 0.25) is 0 Å². The van der Waals surface area contributed by atoms with Crippen LogP contribution in [0, 0.1) is 0 Å². The summed E-state index contributed by atoms with van der Waals surface area (Å²) in [6.45, 7) is 5.80. The summed E-state index contributed by atoms with van der Waals surface area (Å²) in [6, 6.07) is 23.5. The van der Waals surface area contributed by atoms with Crippen molar-refractivity contribution in [3.63, 3.8) is 0 Å². The number of carbonyl (C=O) groups excluding carboxylic acids is 2. The second kappa shape index (κ2) is 11.7. The van der Waals surface area contributed by atoms with Gasteiger partial charge in [0, 0.05) is 30.1 Å². The lowest BCUT2D eigenvalue weighted by Gasteiger charge is -2.21. The third kappa shape index (κ3) is 5.95. The molecule has 6 heteroatoms. The SMILES string of the molecule is CCOCCOc1ccccc1C(=O)Nc1cccc(C(=O)N(CC)c2ccccc2)c1. The Morgan fingerprint density at radius 1 is 0.875 bits per heavy atom. The zero-order valence-corrected chi connectivity index (χ0v) is 18.4. The summed E-state index contributed by atoms with van der Waals surface area (Å²) in [5.74, 6) is 0.0460. The molecule has 0 aliphatic carbocycles. The summed E-state index contributed by atoms with van der Waals surface area (Å²) in [4.78, 5) is 27.7. The first-order chi connectivity index (χ1) is 15.6. The van der Waals surface area contributed by atoms with Gasteiger partial charge < -0.3 is 19.7 Å². The van der Waals surface area contributed by atoms with Crippen molar-refractivity contribution in [1.29, 1.82) is 0 Å². The molecule has 0 radical (unpaired) electrons. The van der Waals surface area contributed by atoms with Crippen LogP contribution in [0.1, 0.15) is 34.6 Å². The topological polar surface area (TPSA) is 67.9 Å². The van der Waals surface area contributed by atoms with E-state index in [2.05, 4.69) is 5.32 Å². The van der Waals surface area contributed by atoms with Gasteiger partial charge in [-0.2, -0.15) is 0 Å². The van der Waals surface area contributed by atoms with E-state index >= 15 is 0 Å². The van der Waals surface area contributed by atoms with Crippen molar-refractivity contribution < 1.29 is 19.1 Å². The number of ether oxygens (including phenoxy) is 2. The molecule has 0 aliphatic rings. The number of nitrogens with one attached hydrogen (secondary N) is 1. The smallest absolute Gasteiger partial charge is 0.259 e. The molecule has 0 saturated heterocycles. The number of rotatable bonds is 10. The van der Waals surface area contributed by atoms with Gasteiger partial charge in [-0.3, -0.25) is 9.59 Å². The van der Waals surface area contributed by atoms with E-state index in [-0.39, 0.29) is 11.8 Å². The molecule has 0 aliphatic heterocycles. The number of hydrogen-bond donors (Lipinski definition) is 1. The fraction of sp³-hybridized carbons (Fsp3) is 0.231. The van der Waals surface area contributed by atoms with Gasteiger partial charge in [0.05, 0.1) is 12.2 Å². The quantitative estimate of drug-likeness (QED) is 0.457. The van der Waals surface area contributed by atoms with Crippen LogP contribution in [0.4, 0.5) is 11.4 Å². The average molecular weight is 433 g/mol. The summed E-state index contributed by atoms with van der Waals surface area (Å²) in [7, 11) is 0. The van der Waals surface area contributed by atoms with Crippen LogP contribution in [0.5, 0.6) is 5.75 Å². The molecule has 1 N–H and O–H groups in total. The van der Waals surface area contributed by atoms with Crippen LogP contribution < -0.4 is 15.0 Å². The number of carbonyl (C=O) groups is 2. The summed E-state index contributed by atoms with van der Waals surface area (Å²) in [6.07, 6.45) is 0. The molecule has 2 amide bonds. The van der Waals surface area contributed by atoms with Crippen LogP contribution in [-0.4, -0.2) is 38.2 Å². The summed E-state index contributed by atoms with van der Waals surface area (Å²) in [5.41, 5.74) is 2.27. The molecule has 3 aromatic carbocycles. The molecule has 3 rings (SSSR count). The maximum atomic E-state index is 13.1. The molecule has 0 bridgehead atoms. The standard InChI is InChI=1S/C26H28N2O4/c1-3-28(22-13-6-5-7-14-22)26(30)20-11-10-12-21(19-20)27-25(29)23-15-8-9-16-24(23)32-18-17-31-4-2/h5-16,19H,3-4,17-18H2,1-2H3,(H,27,29). The van der Waals surface area contributed by atoms with E-state index in [4.69, 9.17) is 9.47 Å². The van der Waals surface area contributed by atoms with Crippen LogP contribution in [0.2, 0.25) is 0 Å². The van der Waals surface area contributed by atoms with Crippen molar-refractivity contribution in [1.82, 2.24) is 0 Å². The average Bonchev–Trinajstić information content (AvgIpc) is 2.83. The molecule has 0 unspecified atom stereocenters. The molecule has 166 valence electrons. The second-order valence-corrected chi connectivity index (χ2v) is 6.96. The molecule has 0 fully saturated rings. The first kappa shape index (κ1) is 23.0. The maximum absolute atomic E-state index is 13.1. The van der Waals surface area contributed by atoms with Gasteiger partial charge in [0.15, 0.2) is 0 Å². The lowest BCUT2D eigenvalue weighted by molar-refractivity contribution is 0.0983. The number of benzene rings is 3. The molecule has 0 aromatic heterocycles. The lowest BCUT2D eigenvalue weighted by Crippen LogP contribution is -2.30. The molecule has 0 saturated carbocycles. The molecular formula is C26H28N2O4. The number of nitrogens with zero attached hydrogens (tertiary/aromatic N) is 1. The normalized spacial score (nSPS) is 10.4. The minimum Gasteiger partial charge on any atom is -0.490 e. The zero-order valence-electron chi connectivity index (χ0n) is 18.4. The van der Waals surface area contributed by atoms with Gasteiger partial charge in [-0.05, 0) is 56.3 Å². The van der Waals surface area contributed by atoms with Crippen molar-refractivity contribution in [2.24, 2.45) is 0 Å². The predicted molar refractivity (Wildman–Crippen MR) is 127 cm³/mol. The minimum absolute atomic E-state index is 0.130. The van der Waals surface area contributed by atoms with Crippen molar-refractivity contribution >= 4 is 23.2 Å².